The summed E-state index contributed by atoms with van der Waals surface area (Å²) in [6.45, 7) is 5.13. The lowest BCUT2D eigenvalue weighted by Crippen LogP contribution is -2.35. The summed E-state index contributed by atoms with van der Waals surface area (Å²) >= 11 is 0. The van der Waals surface area contributed by atoms with Gasteiger partial charge < -0.3 is 19.8 Å². The average Bonchev–Trinajstić information content (AvgIpc) is 3.29. The number of carbonyl (C=O) groups excluding carboxylic acids is 2. The molecule has 4 rings (SSSR count). The molecule has 172 valence electrons. The van der Waals surface area contributed by atoms with Gasteiger partial charge in [-0.2, -0.15) is 0 Å². The largest absolute Gasteiger partial charge is 0.462 e. The van der Waals surface area contributed by atoms with Crippen LogP contribution in [0.1, 0.15) is 22.8 Å². The molecule has 0 aliphatic carbocycles. The first-order valence-corrected chi connectivity index (χ1v) is 10.9. The van der Waals surface area contributed by atoms with E-state index < -0.39 is 17.6 Å². The summed E-state index contributed by atoms with van der Waals surface area (Å²) in [5.74, 6) is -2.23. The molecule has 33 heavy (non-hydrogen) atoms. The minimum absolute atomic E-state index is 0.0956. The van der Waals surface area contributed by atoms with Gasteiger partial charge in [-0.3, -0.25) is 9.69 Å². The van der Waals surface area contributed by atoms with E-state index in [-0.39, 0.29) is 17.7 Å². The third-order valence-corrected chi connectivity index (χ3v) is 5.46. The Morgan fingerprint density at radius 1 is 1.18 bits per heavy atom. The number of aromatic nitrogens is 1. The van der Waals surface area contributed by atoms with Gasteiger partial charge in [0.15, 0.2) is 0 Å². The van der Waals surface area contributed by atoms with Crippen LogP contribution in [0.5, 0.6) is 0 Å². The van der Waals surface area contributed by atoms with E-state index in [0.29, 0.717) is 25.4 Å². The number of benzene rings is 2. The normalized spacial score (nSPS) is 14.9. The number of hydrogen-bond acceptors (Lipinski definition) is 6. The molecule has 7 nitrogen and oxygen atoms in total. The molecule has 8 heteroatoms. The van der Waals surface area contributed by atoms with Gasteiger partial charge in [-0.1, -0.05) is 6.07 Å². The van der Waals surface area contributed by atoms with E-state index in [1.807, 2.05) is 30.5 Å². The number of fused-ring (bicyclic) bond motifs is 1. The smallest absolute Gasteiger partial charge is 0.343 e. The van der Waals surface area contributed by atoms with Crippen LogP contribution in [0.25, 0.3) is 10.9 Å². The molecule has 3 aromatic rings. The number of morpholine rings is 1. The first kappa shape index (κ1) is 22.7. The standard InChI is InChI=1S/C25H26FN3O4/c1-2-33-25(31)21(15-28-19-4-6-23-18(14-19)7-8-27-23)24(30)20-13-17(3-5-22(20)26)16-29-9-11-32-12-10-29/h3-8,13-15,27-28H,2,9-12,16H2,1H3/b21-15-. The minimum Gasteiger partial charge on any atom is -0.462 e. The number of aromatic amines is 1. The molecular formula is C25H26FN3O4. The summed E-state index contributed by atoms with van der Waals surface area (Å²) in [6, 6.07) is 11.9. The minimum atomic E-state index is -0.810. The maximum Gasteiger partial charge on any atom is 0.343 e. The van der Waals surface area contributed by atoms with Crippen LogP contribution in [0.3, 0.4) is 0 Å². The molecule has 1 aliphatic heterocycles. The van der Waals surface area contributed by atoms with Gasteiger partial charge in [0.1, 0.15) is 11.4 Å². The van der Waals surface area contributed by atoms with Crippen LogP contribution in [0, 0.1) is 5.82 Å². The summed E-state index contributed by atoms with van der Waals surface area (Å²) in [6.07, 6.45) is 3.10. The maximum atomic E-state index is 14.7. The summed E-state index contributed by atoms with van der Waals surface area (Å²) in [7, 11) is 0. The Morgan fingerprint density at radius 3 is 2.79 bits per heavy atom. The zero-order valence-corrected chi connectivity index (χ0v) is 18.4. The third kappa shape index (κ3) is 5.47. The number of anilines is 1. The maximum absolute atomic E-state index is 14.7. The molecule has 0 radical (unpaired) electrons. The van der Waals surface area contributed by atoms with Gasteiger partial charge in [-0.05, 0) is 48.9 Å². The first-order valence-electron chi connectivity index (χ1n) is 10.9. The van der Waals surface area contributed by atoms with Crippen molar-refractivity contribution in [2.45, 2.75) is 13.5 Å². The third-order valence-electron chi connectivity index (χ3n) is 5.46. The van der Waals surface area contributed by atoms with E-state index in [2.05, 4.69) is 15.2 Å². The molecule has 0 atom stereocenters. The van der Waals surface area contributed by atoms with E-state index in [1.54, 1.807) is 13.0 Å². The van der Waals surface area contributed by atoms with Crippen molar-refractivity contribution < 1.29 is 23.5 Å². The number of ether oxygens (including phenoxy) is 2. The van der Waals surface area contributed by atoms with Gasteiger partial charge in [0, 0.05) is 48.6 Å². The van der Waals surface area contributed by atoms with Gasteiger partial charge >= 0.3 is 5.97 Å². The van der Waals surface area contributed by atoms with Crippen LogP contribution < -0.4 is 5.32 Å². The van der Waals surface area contributed by atoms with Crippen molar-refractivity contribution in [3.8, 4) is 0 Å². The molecule has 0 spiro atoms. The van der Waals surface area contributed by atoms with Gasteiger partial charge in [0.2, 0.25) is 5.78 Å². The van der Waals surface area contributed by atoms with E-state index in [0.717, 1.165) is 29.6 Å². The first-order chi connectivity index (χ1) is 16.0. The second-order valence-corrected chi connectivity index (χ2v) is 7.73. The Labute approximate surface area is 191 Å². The number of carbonyl (C=O) groups is 2. The number of H-pyrrole nitrogens is 1. The van der Waals surface area contributed by atoms with Crippen LogP contribution in [0.15, 0.2) is 60.4 Å². The molecule has 0 bridgehead atoms. The predicted molar refractivity (Wildman–Crippen MR) is 123 cm³/mol. The fraction of sp³-hybridized carbons (Fsp3) is 0.280. The quantitative estimate of drug-likeness (QED) is 0.178. The van der Waals surface area contributed by atoms with E-state index in [9.17, 15) is 14.0 Å². The Morgan fingerprint density at radius 2 is 2.00 bits per heavy atom. The number of nitrogens with zero attached hydrogens (tertiary/aromatic N) is 1. The highest BCUT2D eigenvalue weighted by atomic mass is 19.1. The Balaban J connectivity index is 1.59. The number of halogens is 1. The molecule has 0 saturated carbocycles. The zero-order chi connectivity index (χ0) is 23.2. The van der Waals surface area contributed by atoms with E-state index >= 15 is 0 Å². The van der Waals surface area contributed by atoms with Crippen LogP contribution in [-0.2, 0) is 20.8 Å². The Bertz CT molecular complexity index is 1180. The van der Waals surface area contributed by atoms with E-state index in [1.165, 1.54) is 18.3 Å². The fourth-order valence-corrected chi connectivity index (χ4v) is 3.73. The predicted octanol–water partition coefficient (Wildman–Crippen LogP) is 3.88. The van der Waals surface area contributed by atoms with Crippen molar-refractivity contribution in [2.24, 2.45) is 0 Å². The molecule has 1 aromatic heterocycles. The highest BCUT2D eigenvalue weighted by Crippen LogP contribution is 2.21. The van der Waals surface area contributed by atoms with Crippen molar-refractivity contribution in [3.63, 3.8) is 0 Å². The van der Waals surface area contributed by atoms with Crippen LogP contribution in [0.2, 0.25) is 0 Å². The van der Waals surface area contributed by atoms with Crippen LogP contribution in [0.4, 0.5) is 10.1 Å². The summed E-state index contributed by atoms with van der Waals surface area (Å²) < 4.78 is 25.1. The Hall–Kier alpha value is -3.49. The number of esters is 1. The topological polar surface area (TPSA) is 83.7 Å². The molecule has 2 N–H and O–H groups in total. The summed E-state index contributed by atoms with van der Waals surface area (Å²) in [4.78, 5) is 31.1. The summed E-state index contributed by atoms with van der Waals surface area (Å²) in [5.41, 5.74) is 2.00. The summed E-state index contributed by atoms with van der Waals surface area (Å²) in [5, 5.41) is 3.95. The number of ketones is 1. The molecule has 0 unspecified atom stereocenters. The molecule has 2 aromatic carbocycles. The van der Waals surface area contributed by atoms with Crippen molar-refractivity contribution in [3.05, 3.63) is 77.4 Å². The zero-order valence-electron chi connectivity index (χ0n) is 18.4. The lowest BCUT2D eigenvalue weighted by atomic mass is 10.0. The number of Topliss-reactive ketones (excluding diaryl/α,β-unsaturated/α-hetero) is 1. The average molecular weight is 451 g/mol. The van der Waals surface area contributed by atoms with Gasteiger partial charge in [0.05, 0.1) is 25.4 Å². The van der Waals surface area contributed by atoms with Gasteiger partial charge in [-0.15, -0.1) is 0 Å². The van der Waals surface area contributed by atoms with Crippen LogP contribution >= 0.6 is 0 Å². The van der Waals surface area contributed by atoms with Gasteiger partial charge in [-0.25, -0.2) is 9.18 Å². The number of hydrogen-bond donors (Lipinski definition) is 2. The second kappa shape index (κ2) is 10.4. The molecule has 1 fully saturated rings. The van der Waals surface area contributed by atoms with E-state index in [4.69, 9.17) is 9.47 Å². The molecule has 1 saturated heterocycles. The highest BCUT2D eigenvalue weighted by molar-refractivity contribution is 6.24. The lowest BCUT2D eigenvalue weighted by Gasteiger charge is -2.26. The van der Waals surface area contributed by atoms with Crippen molar-refractivity contribution in [1.29, 1.82) is 0 Å². The molecule has 1 aliphatic rings. The molecule has 0 amide bonds. The monoisotopic (exact) mass is 451 g/mol. The second-order valence-electron chi connectivity index (χ2n) is 7.73. The van der Waals surface area contributed by atoms with Crippen LogP contribution in [-0.4, -0.2) is 54.5 Å². The molecular weight excluding hydrogens is 425 g/mol. The Kier molecular flexibility index (Phi) is 7.16. The van der Waals surface area contributed by atoms with Crippen molar-refractivity contribution in [1.82, 2.24) is 9.88 Å². The fourth-order valence-electron chi connectivity index (χ4n) is 3.73. The highest BCUT2D eigenvalue weighted by Gasteiger charge is 2.24. The number of rotatable bonds is 8. The lowest BCUT2D eigenvalue weighted by molar-refractivity contribution is -0.138. The van der Waals surface area contributed by atoms with Gasteiger partial charge in [0.25, 0.3) is 0 Å². The molecule has 2 heterocycles. The number of nitrogens with one attached hydrogen (secondary N) is 2. The van der Waals surface area contributed by atoms with Crippen molar-refractivity contribution in [2.75, 3.05) is 38.2 Å². The van der Waals surface area contributed by atoms with Crippen molar-refractivity contribution >= 4 is 28.3 Å². The SMILES string of the molecule is CCOC(=O)/C(=C\Nc1ccc2[nH]ccc2c1)C(=O)c1cc(CN2CCOCC2)ccc1F.